The van der Waals surface area contributed by atoms with E-state index in [1.807, 2.05) is 18.2 Å². The fraction of sp³-hybridized carbons (Fsp3) is 0.0833. The van der Waals surface area contributed by atoms with Crippen LogP contribution in [0.3, 0.4) is 0 Å². The van der Waals surface area contributed by atoms with Crippen LogP contribution in [-0.2, 0) is 0 Å². The van der Waals surface area contributed by atoms with Crippen LogP contribution in [0, 0.1) is 6.92 Å². The third-order valence-electron chi connectivity index (χ3n) is 2.65. The van der Waals surface area contributed by atoms with Gasteiger partial charge in [0.1, 0.15) is 5.82 Å². The van der Waals surface area contributed by atoms with Crippen LogP contribution in [0.25, 0.3) is 10.9 Å². The van der Waals surface area contributed by atoms with Crippen LogP contribution in [0.2, 0.25) is 0 Å². The van der Waals surface area contributed by atoms with E-state index in [9.17, 15) is 4.79 Å². The minimum Gasteiger partial charge on any atom is -0.361 e. The van der Waals surface area contributed by atoms with E-state index in [0.29, 0.717) is 11.4 Å². The highest BCUT2D eigenvalue weighted by atomic mass is 16.1. The second-order valence-electron chi connectivity index (χ2n) is 3.95. The summed E-state index contributed by atoms with van der Waals surface area (Å²) in [5, 5.41) is 10.2. The van der Waals surface area contributed by atoms with Gasteiger partial charge < -0.3 is 4.98 Å². The third kappa shape index (κ3) is 1.73. The van der Waals surface area contributed by atoms with Crippen LogP contribution < -0.4 is 5.32 Å². The maximum Gasteiger partial charge on any atom is 0.260 e. The first-order chi connectivity index (χ1) is 8.74. The molecule has 0 aliphatic rings. The Morgan fingerprint density at radius 1 is 1.33 bits per heavy atom. The van der Waals surface area contributed by atoms with Gasteiger partial charge in [-0.3, -0.25) is 15.2 Å². The maximum atomic E-state index is 12.1. The number of nitrogens with zero attached hydrogens (tertiary/aromatic N) is 2. The molecule has 1 aromatic carbocycles. The Kier molecular flexibility index (Phi) is 2.33. The van der Waals surface area contributed by atoms with Crippen molar-refractivity contribution in [1.29, 1.82) is 0 Å². The first kappa shape index (κ1) is 10.5. The summed E-state index contributed by atoms with van der Waals surface area (Å²) in [7, 11) is 0. The Morgan fingerprint density at radius 3 is 3.00 bits per heavy atom. The van der Waals surface area contributed by atoms with E-state index >= 15 is 0 Å². The Labute approximate surface area is 102 Å². The Hall–Kier alpha value is -2.63. The molecule has 0 atom stereocenters. The van der Waals surface area contributed by atoms with Gasteiger partial charge in [-0.05, 0) is 19.1 Å². The predicted molar refractivity (Wildman–Crippen MR) is 67.4 cm³/mol. The van der Waals surface area contributed by atoms with Crippen LogP contribution in [0.15, 0.2) is 30.5 Å². The quantitative estimate of drug-likeness (QED) is 0.639. The van der Waals surface area contributed by atoms with Gasteiger partial charge in [0.2, 0.25) is 5.95 Å². The van der Waals surface area contributed by atoms with Crippen LogP contribution in [0.1, 0.15) is 16.2 Å². The average Bonchev–Trinajstić information content (AvgIpc) is 2.97. The molecular formula is C12H11N5O. The molecule has 0 radical (unpaired) electrons. The number of hydrogen-bond donors (Lipinski definition) is 3. The summed E-state index contributed by atoms with van der Waals surface area (Å²) >= 11 is 0. The average molecular weight is 241 g/mol. The molecule has 2 aromatic heterocycles. The molecule has 0 aliphatic heterocycles. The molecular weight excluding hydrogens is 230 g/mol. The molecule has 6 heteroatoms. The number of H-pyrrole nitrogens is 2. The minimum atomic E-state index is -0.234. The minimum absolute atomic E-state index is 0.234. The number of hydrogen-bond acceptors (Lipinski definition) is 3. The summed E-state index contributed by atoms with van der Waals surface area (Å²) in [6.07, 6.45) is 1.80. The first-order valence-electron chi connectivity index (χ1n) is 5.50. The topological polar surface area (TPSA) is 86.5 Å². The van der Waals surface area contributed by atoms with Gasteiger partial charge >= 0.3 is 0 Å². The molecule has 6 nitrogen and oxygen atoms in total. The molecule has 2 heterocycles. The monoisotopic (exact) mass is 241 g/mol. The van der Waals surface area contributed by atoms with Gasteiger partial charge in [0, 0.05) is 11.6 Å². The van der Waals surface area contributed by atoms with Crippen molar-refractivity contribution in [3.05, 3.63) is 41.9 Å². The number of carbonyl (C=O) groups is 1. The van der Waals surface area contributed by atoms with Gasteiger partial charge in [0.15, 0.2) is 0 Å². The summed E-state index contributed by atoms with van der Waals surface area (Å²) in [6, 6.07) is 7.46. The zero-order valence-electron chi connectivity index (χ0n) is 9.69. The van der Waals surface area contributed by atoms with Crippen molar-refractivity contribution in [3.63, 3.8) is 0 Å². The molecule has 0 saturated heterocycles. The van der Waals surface area contributed by atoms with Crippen molar-refractivity contribution >= 4 is 22.8 Å². The van der Waals surface area contributed by atoms with Crippen molar-refractivity contribution < 1.29 is 4.79 Å². The van der Waals surface area contributed by atoms with Crippen molar-refractivity contribution in [3.8, 4) is 0 Å². The van der Waals surface area contributed by atoms with Gasteiger partial charge in [-0.2, -0.15) is 4.98 Å². The molecule has 0 fully saturated rings. The number of carbonyl (C=O) groups excluding carboxylic acids is 1. The number of aromatic amines is 2. The van der Waals surface area contributed by atoms with Gasteiger partial charge in [-0.1, -0.05) is 12.1 Å². The SMILES string of the molecule is Cc1nc(NC(=O)c2cccc3cc[nH]c23)n[nH]1. The van der Waals surface area contributed by atoms with Crippen LogP contribution >= 0.6 is 0 Å². The number of nitrogens with one attached hydrogen (secondary N) is 3. The molecule has 0 spiro atoms. The standard InChI is InChI=1S/C12H11N5O/c1-7-14-12(17-16-7)15-11(18)9-4-2-3-8-5-6-13-10(8)9/h2-6,13H,1H3,(H2,14,15,16,17,18). The first-order valence-corrected chi connectivity index (χ1v) is 5.50. The largest absolute Gasteiger partial charge is 0.361 e. The fourth-order valence-corrected chi connectivity index (χ4v) is 1.84. The second-order valence-corrected chi connectivity index (χ2v) is 3.95. The summed E-state index contributed by atoms with van der Waals surface area (Å²) in [5.41, 5.74) is 1.38. The van der Waals surface area contributed by atoms with E-state index in [1.165, 1.54) is 0 Å². The zero-order valence-corrected chi connectivity index (χ0v) is 9.69. The highest BCUT2D eigenvalue weighted by Gasteiger charge is 2.12. The molecule has 0 unspecified atom stereocenters. The third-order valence-corrected chi connectivity index (χ3v) is 2.65. The van der Waals surface area contributed by atoms with Crippen molar-refractivity contribution in [2.24, 2.45) is 0 Å². The van der Waals surface area contributed by atoms with Gasteiger partial charge in [-0.15, -0.1) is 5.10 Å². The molecule has 3 rings (SSSR count). The molecule has 3 aromatic rings. The summed E-state index contributed by atoms with van der Waals surface area (Å²) in [5.74, 6) is 0.700. The van der Waals surface area contributed by atoms with E-state index in [-0.39, 0.29) is 11.9 Å². The van der Waals surface area contributed by atoms with Gasteiger partial charge in [-0.25, -0.2) is 0 Å². The Bertz CT molecular complexity index is 712. The number of amides is 1. The van der Waals surface area contributed by atoms with Crippen molar-refractivity contribution in [2.45, 2.75) is 6.92 Å². The van der Waals surface area contributed by atoms with Crippen LogP contribution in [0.5, 0.6) is 0 Å². The molecule has 90 valence electrons. The summed E-state index contributed by atoms with van der Waals surface area (Å²) < 4.78 is 0. The van der Waals surface area contributed by atoms with E-state index in [0.717, 1.165) is 10.9 Å². The highest BCUT2D eigenvalue weighted by molar-refractivity contribution is 6.11. The number of anilines is 1. The lowest BCUT2D eigenvalue weighted by Gasteiger charge is -2.02. The lowest BCUT2D eigenvalue weighted by molar-refractivity contribution is 0.102. The Balaban J connectivity index is 1.94. The van der Waals surface area contributed by atoms with Gasteiger partial charge in [0.05, 0.1) is 11.1 Å². The normalized spacial score (nSPS) is 10.7. The van der Waals surface area contributed by atoms with Crippen LogP contribution in [0.4, 0.5) is 5.95 Å². The number of para-hydroxylation sites is 1. The predicted octanol–water partition coefficient (Wildman–Crippen LogP) is 1.85. The van der Waals surface area contributed by atoms with Crippen molar-refractivity contribution in [2.75, 3.05) is 5.32 Å². The van der Waals surface area contributed by atoms with Gasteiger partial charge in [0.25, 0.3) is 5.91 Å². The molecule has 0 saturated carbocycles. The van der Waals surface area contributed by atoms with E-state index in [2.05, 4.69) is 25.5 Å². The fourth-order valence-electron chi connectivity index (χ4n) is 1.84. The summed E-state index contributed by atoms with van der Waals surface area (Å²) in [4.78, 5) is 19.2. The van der Waals surface area contributed by atoms with E-state index in [1.54, 1.807) is 19.2 Å². The molecule has 0 aliphatic carbocycles. The molecule has 1 amide bonds. The number of benzene rings is 1. The number of aromatic nitrogens is 4. The zero-order chi connectivity index (χ0) is 12.5. The number of fused-ring (bicyclic) bond motifs is 1. The lowest BCUT2D eigenvalue weighted by Crippen LogP contribution is -2.13. The Morgan fingerprint density at radius 2 is 2.22 bits per heavy atom. The maximum absolute atomic E-state index is 12.1. The second kappa shape index (κ2) is 3.99. The summed E-state index contributed by atoms with van der Waals surface area (Å²) in [6.45, 7) is 1.77. The van der Waals surface area contributed by atoms with Crippen LogP contribution in [-0.4, -0.2) is 26.1 Å². The number of aryl methyl sites for hydroxylation is 1. The van der Waals surface area contributed by atoms with E-state index in [4.69, 9.17) is 0 Å². The van der Waals surface area contributed by atoms with E-state index < -0.39 is 0 Å². The number of rotatable bonds is 2. The molecule has 0 bridgehead atoms. The smallest absolute Gasteiger partial charge is 0.260 e. The lowest BCUT2D eigenvalue weighted by atomic mass is 10.1. The molecule has 18 heavy (non-hydrogen) atoms. The molecule has 3 N–H and O–H groups in total. The van der Waals surface area contributed by atoms with Crippen molar-refractivity contribution in [1.82, 2.24) is 20.2 Å². The highest BCUT2D eigenvalue weighted by Crippen LogP contribution is 2.17.